The van der Waals surface area contributed by atoms with Crippen molar-refractivity contribution in [2.45, 2.75) is 70.6 Å². The Morgan fingerprint density at radius 3 is 2.37 bits per heavy atom. The molecular formula is C21H30O9. The van der Waals surface area contributed by atoms with E-state index in [0.29, 0.717) is 27.8 Å². The number of aliphatic hydroxyl groups is 6. The molecule has 30 heavy (non-hydrogen) atoms. The molecule has 0 aromatic heterocycles. The van der Waals surface area contributed by atoms with Crippen molar-refractivity contribution < 1.29 is 44.9 Å². The highest BCUT2D eigenvalue weighted by molar-refractivity contribution is 6.06. The number of rotatable bonds is 6. The topological polar surface area (TPSA) is 157 Å². The van der Waals surface area contributed by atoms with Gasteiger partial charge in [0.15, 0.2) is 12.1 Å². The van der Waals surface area contributed by atoms with E-state index in [0.717, 1.165) is 0 Å². The molecule has 1 heterocycles. The zero-order valence-electron chi connectivity index (χ0n) is 17.3. The molecule has 0 radical (unpaired) electrons. The zero-order chi connectivity index (χ0) is 22.4. The highest BCUT2D eigenvalue weighted by atomic mass is 16.7. The standard InChI is InChI=1S/C21H30O9/c1-9-11(4-5-29-20-17(26)16(25)15(24)13(8-23)30-20)10(7-22)6-12-14(9)19(28)21(2,3)18(12)27/h6,13,15-18,20,22-27H,4-5,7-8H2,1-3H3/t13-,15-,16+,17-,18-,20-/m1/s1. The lowest BCUT2D eigenvalue weighted by molar-refractivity contribution is -0.300. The van der Waals surface area contributed by atoms with Crippen molar-refractivity contribution in [3.8, 4) is 0 Å². The first-order chi connectivity index (χ1) is 14.1. The van der Waals surface area contributed by atoms with Gasteiger partial charge in [-0.25, -0.2) is 0 Å². The van der Waals surface area contributed by atoms with Gasteiger partial charge in [-0.1, -0.05) is 0 Å². The van der Waals surface area contributed by atoms with E-state index in [1.54, 1.807) is 26.8 Å². The molecule has 168 valence electrons. The largest absolute Gasteiger partial charge is 0.394 e. The van der Waals surface area contributed by atoms with E-state index >= 15 is 0 Å². The molecule has 0 saturated carbocycles. The van der Waals surface area contributed by atoms with Gasteiger partial charge in [0.2, 0.25) is 0 Å². The number of aliphatic hydroxyl groups excluding tert-OH is 6. The van der Waals surface area contributed by atoms with E-state index in [9.17, 15) is 35.4 Å². The normalized spacial score (nSPS) is 33.0. The summed E-state index contributed by atoms with van der Waals surface area (Å²) in [5, 5.41) is 59.4. The zero-order valence-corrected chi connectivity index (χ0v) is 17.3. The highest BCUT2D eigenvalue weighted by Gasteiger charge is 2.47. The molecule has 0 unspecified atom stereocenters. The van der Waals surface area contributed by atoms with Crippen LogP contribution in [0.1, 0.15) is 52.6 Å². The van der Waals surface area contributed by atoms with Gasteiger partial charge in [-0.3, -0.25) is 4.79 Å². The quantitative estimate of drug-likeness (QED) is 0.339. The van der Waals surface area contributed by atoms with Crippen molar-refractivity contribution in [1.82, 2.24) is 0 Å². The van der Waals surface area contributed by atoms with Gasteiger partial charge in [-0.2, -0.15) is 0 Å². The predicted octanol–water partition coefficient (Wildman–Crippen LogP) is -0.898. The number of hydrogen-bond acceptors (Lipinski definition) is 9. The van der Waals surface area contributed by atoms with E-state index in [1.807, 2.05) is 0 Å². The van der Waals surface area contributed by atoms with Gasteiger partial charge in [-0.15, -0.1) is 0 Å². The summed E-state index contributed by atoms with van der Waals surface area (Å²) < 4.78 is 10.9. The van der Waals surface area contributed by atoms with E-state index in [2.05, 4.69) is 0 Å². The SMILES string of the molecule is Cc1c(CCO[C@@H]2O[C@H](CO)[C@@H](O)[C@H](O)[C@H]2O)c(CO)cc2c1C(=O)C(C)(C)[C@@H]2O. The molecular weight excluding hydrogens is 396 g/mol. The van der Waals surface area contributed by atoms with Gasteiger partial charge >= 0.3 is 0 Å². The van der Waals surface area contributed by atoms with Crippen LogP contribution in [0.2, 0.25) is 0 Å². The molecule has 1 fully saturated rings. The third kappa shape index (κ3) is 3.69. The fourth-order valence-corrected chi connectivity index (χ4v) is 4.28. The summed E-state index contributed by atoms with van der Waals surface area (Å²) in [6.45, 7) is 4.30. The van der Waals surface area contributed by atoms with E-state index in [-0.39, 0.29) is 25.4 Å². The maximum atomic E-state index is 12.8. The molecule has 0 spiro atoms. The third-order valence-electron chi connectivity index (χ3n) is 6.28. The molecule has 9 nitrogen and oxygen atoms in total. The molecule has 0 bridgehead atoms. The smallest absolute Gasteiger partial charge is 0.186 e. The minimum Gasteiger partial charge on any atom is -0.394 e. The monoisotopic (exact) mass is 426 g/mol. The van der Waals surface area contributed by atoms with Gasteiger partial charge in [-0.05, 0) is 55.5 Å². The molecule has 1 aliphatic carbocycles. The Bertz CT molecular complexity index is 804. The molecule has 9 heteroatoms. The van der Waals surface area contributed by atoms with Crippen LogP contribution in [-0.2, 0) is 22.5 Å². The number of carbonyl (C=O) groups is 1. The summed E-state index contributed by atoms with van der Waals surface area (Å²) >= 11 is 0. The van der Waals surface area contributed by atoms with Gasteiger partial charge in [0, 0.05) is 5.56 Å². The minimum atomic E-state index is -1.53. The molecule has 0 amide bonds. The summed E-state index contributed by atoms with van der Waals surface area (Å²) in [5.74, 6) is -0.164. The fourth-order valence-electron chi connectivity index (χ4n) is 4.28. The summed E-state index contributed by atoms with van der Waals surface area (Å²) in [6, 6.07) is 1.64. The van der Waals surface area contributed by atoms with Gasteiger partial charge in [0.05, 0.1) is 31.3 Å². The highest BCUT2D eigenvalue weighted by Crippen LogP contribution is 2.47. The van der Waals surface area contributed by atoms with E-state index in [1.165, 1.54) is 0 Å². The number of hydrogen-bond donors (Lipinski definition) is 6. The molecule has 1 aliphatic heterocycles. The Hall–Kier alpha value is -1.43. The van der Waals surface area contributed by atoms with Crippen LogP contribution in [0.4, 0.5) is 0 Å². The first-order valence-corrected chi connectivity index (χ1v) is 9.97. The summed E-state index contributed by atoms with van der Waals surface area (Å²) in [6.07, 6.45) is -7.50. The lowest BCUT2D eigenvalue weighted by Crippen LogP contribution is -2.59. The van der Waals surface area contributed by atoms with E-state index in [4.69, 9.17) is 9.47 Å². The van der Waals surface area contributed by atoms with Gasteiger partial charge in [0.25, 0.3) is 0 Å². The average molecular weight is 426 g/mol. The Morgan fingerprint density at radius 2 is 1.77 bits per heavy atom. The summed E-state index contributed by atoms with van der Waals surface area (Å²) in [7, 11) is 0. The Labute approximate surface area is 174 Å². The Kier molecular flexibility index (Phi) is 6.66. The third-order valence-corrected chi connectivity index (χ3v) is 6.28. The maximum Gasteiger partial charge on any atom is 0.186 e. The van der Waals surface area contributed by atoms with E-state index < -0.39 is 48.8 Å². The lowest BCUT2D eigenvalue weighted by atomic mass is 9.86. The number of ketones is 1. The molecule has 6 N–H and O–H groups in total. The van der Waals surface area contributed by atoms with Crippen molar-refractivity contribution >= 4 is 5.78 Å². The Balaban J connectivity index is 1.78. The molecule has 1 aromatic carbocycles. The second-order valence-electron chi connectivity index (χ2n) is 8.53. The first-order valence-electron chi connectivity index (χ1n) is 9.97. The van der Waals surface area contributed by atoms with Crippen molar-refractivity contribution in [1.29, 1.82) is 0 Å². The van der Waals surface area contributed by atoms with Crippen LogP contribution in [0, 0.1) is 12.3 Å². The van der Waals surface area contributed by atoms with Crippen molar-refractivity contribution in [3.05, 3.63) is 33.9 Å². The minimum absolute atomic E-state index is 0.0233. The van der Waals surface area contributed by atoms with Crippen molar-refractivity contribution in [3.63, 3.8) is 0 Å². The number of benzene rings is 1. The molecule has 3 rings (SSSR count). The molecule has 1 aromatic rings. The summed E-state index contributed by atoms with van der Waals surface area (Å²) in [4.78, 5) is 12.8. The number of carbonyl (C=O) groups excluding carboxylic acids is 1. The number of Topliss-reactive ketones (excluding diaryl/α,β-unsaturated/α-hetero) is 1. The lowest BCUT2D eigenvalue weighted by Gasteiger charge is -2.39. The van der Waals surface area contributed by atoms with Crippen LogP contribution in [0.15, 0.2) is 6.07 Å². The van der Waals surface area contributed by atoms with Crippen LogP contribution in [0.25, 0.3) is 0 Å². The van der Waals surface area contributed by atoms with Crippen LogP contribution in [0.5, 0.6) is 0 Å². The number of ether oxygens (including phenoxy) is 2. The molecule has 1 saturated heterocycles. The van der Waals surface area contributed by atoms with Crippen LogP contribution in [0.3, 0.4) is 0 Å². The Morgan fingerprint density at radius 1 is 1.10 bits per heavy atom. The van der Waals surface area contributed by atoms with Gasteiger partial charge < -0.3 is 40.1 Å². The van der Waals surface area contributed by atoms with Crippen LogP contribution >= 0.6 is 0 Å². The summed E-state index contributed by atoms with van der Waals surface area (Å²) in [5.41, 5.74) is 1.92. The van der Waals surface area contributed by atoms with Crippen LogP contribution in [-0.4, -0.2) is 80.3 Å². The predicted molar refractivity (Wildman–Crippen MR) is 104 cm³/mol. The van der Waals surface area contributed by atoms with Gasteiger partial charge in [0.1, 0.15) is 24.4 Å². The first kappa shape index (κ1) is 23.2. The molecule has 2 aliphatic rings. The second-order valence-corrected chi connectivity index (χ2v) is 8.53. The molecule has 6 atom stereocenters. The van der Waals surface area contributed by atoms with Crippen molar-refractivity contribution in [2.75, 3.05) is 13.2 Å². The maximum absolute atomic E-state index is 12.8. The van der Waals surface area contributed by atoms with Crippen molar-refractivity contribution in [2.24, 2.45) is 5.41 Å². The second kappa shape index (κ2) is 8.60. The average Bonchev–Trinajstić information content (AvgIpc) is 2.89. The van der Waals surface area contributed by atoms with Crippen LogP contribution < -0.4 is 0 Å². The number of fused-ring (bicyclic) bond motifs is 1. The fraction of sp³-hybridized carbons (Fsp3) is 0.667.